The van der Waals surface area contributed by atoms with Crippen molar-refractivity contribution in [1.82, 2.24) is 9.62 Å². The number of likely N-dealkylation sites (tertiary alicyclic amines) is 1. The monoisotopic (exact) mass is 428 g/mol. The van der Waals surface area contributed by atoms with Crippen molar-refractivity contribution >= 4 is 43.2 Å². The number of carbonyl (C=O) groups excluding carboxylic acids is 1. The molecular formula is C16H17BrN2O3S2. The lowest BCUT2D eigenvalue weighted by Gasteiger charge is -2.32. The van der Waals surface area contributed by atoms with Crippen LogP contribution in [0, 0.1) is 0 Å². The third kappa shape index (κ3) is 3.88. The van der Waals surface area contributed by atoms with Gasteiger partial charge in [0.15, 0.2) is 0 Å². The van der Waals surface area contributed by atoms with Crippen LogP contribution >= 0.6 is 27.3 Å². The first kappa shape index (κ1) is 17.6. The summed E-state index contributed by atoms with van der Waals surface area (Å²) in [5, 5.41) is 1.74. The molecule has 2 aromatic rings. The van der Waals surface area contributed by atoms with E-state index >= 15 is 0 Å². The summed E-state index contributed by atoms with van der Waals surface area (Å²) in [5.74, 6) is -0.0259. The number of hydrogen-bond acceptors (Lipinski definition) is 4. The maximum absolute atomic E-state index is 12.6. The molecule has 0 bridgehead atoms. The van der Waals surface area contributed by atoms with Gasteiger partial charge in [-0.25, -0.2) is 13.1 Å². The molecule has 24 heavy (non-hydrogen) atoms. The number of rotatable bonds is 4. The van der Waals surface area contributed by atoms with Gasteiger partial charge in [-0.05, 0) is 52.4 Å². The van der Waals surface area contributed by atoms with Gasteiger partial charge in [-0.15, -0.1) is 11.3 Å². The van der Waals surface area contributed by atoms with Crippen LogP contribution in [0.3, 0.4) is 0 Å². The molecule has 1 N–H and O–H groups in total. The standard InChI is InChI=1S/C16H17BrN2O3S2/c17-14-5-2-1-4-13(14)16(20)19-9-7-12(8-10-19)18-24(21,22)15-6-3-11-23-15/h1-6,11-12,18H,7-10H2. The molecule has 1 amide bonds. The second-order valence-electron chi connectivity index (χ2n) is 5.60. The summed E-state index contributed by atoms with van der Waals surface area (Å²) in [6.07, 6.45) is 1.22. The topological polar surface area (TPSA) is 66.5 Å². The summed E-state index contributed by atoms with van der Waals surface area (Å²) in [5.41, 5.74) is 0.634. The average molecular weight is 429 g/mol. The zero-order chi connectivity index (χ0) is 17.2. The van der Waals surface area contributed by atoms with Crippen molar-refractivity contribution in [3.63, 3.8) is 0 Å². The van der Waals surface area contributed by atoms with Crippen LogP contribution in [0.5, 0.6) is 0 Å². The van der Waals surface area contributed by atoms with Gasteiger partial charge in [0.25, 0.3) is 5.91 Å². The van der Waals surface area contributed by atoms with Crippen LogP contribution in [0.1, 0.15) is 23.2 Å². The van der Waals surface area contributed by atoms with Crippen LogP contribution in [0.4, 0.5) is 0 Å². The molecule has 2 heterocycles. The van der Waals surface area contributed by atoms with Gasteiger partial charge in [0.05, 0.1) is 5.56 Å². The van der Waals surface area contributed by atoms with E-state index in [0.717, 1.165) is 4.47 Å². The van der Waals surface area contributed by atoms with E-state index in [2.05, 4.69) is 20.7 Å². The van der Waals surface area contributed by atoms with Gasteiger partial charge in [0.1, 0.15) is 4.21 Å². The van der Waals surface area contributed by atoms with Gasteiger partial charge in [-0.1, -0.05) is 18.2 Å². The number of thiophene rings is 1. The molecule has 0 unspecified atom stereocenters. The molecule has 128 valence electrons. The molecule has 1 aliphatic rings. The number of hydrogen-bond donors (Lipinski definition) is 1. The Kier molecular flexibility index (Phi) is 5.39. The van der Waals surface area contributed by atoms with E-state index in [0.29, 0.717) is 35.7 Å². The van der Waals surface area contributed by atoms with Crippen LogP contribution < -0.4 is 4.72 Å². The molecule has 0 spiro atoms. The number of benzene rings is 1. The SMILES string of the molecule is O=C(c1ccccc1Br)N1CCC(NS(=O)(=O)c2cccs2)CC1. The molecule has 8 heteroatoms. The van der Waals surface area contributed by atoms with Crippen molar-refractivity contribution in [1.29, 1.82) is 0 Å². The molecule has 1 aromatic heterocycles. The van der Waals surface area contributed by atoms with Crippen molar-refractivity contribution in [2.75, 3.05) is 13.1 Å². The summed E-state index contributed by atoms with van der Waals surface area (Å²) in [6, 6.07) is 10.5. The first-order valence-corrected chi connectivity index (χ1v) is 10.7. The van der Waals surface area contributed by atoms with E-state index < -0.39 is 10.0 Å². The normalized spacial score (nSPS) is 16.3. The number of nitrogens with one attached hydrogen (secondary N) is 1. The van der Waals surface area contributed by atoms with E-state index in [1.807, 2.05) is 18.2 Å². The molecule has 1 fully saturated rings. The van der Waals surface area contributed by atoms with Crippen LogP contribution in [0.15, 0.2) is 50.5 Å². The molecule has 0 radical (unpaired) electrons. The predicted molar refractivity (Wildman–Crippen MR) is 97.7 cm³/mol. The molecule has 3 rings (SSSR count). The maximum Gasteiger partial charge on any atom is 0.254 e. The van der Waals surface area contributed by atoms with Crippen LogP contribution in [0.25, 0.3) is 0 Å². The smallest absolute Gasteiger partial charge is 0.254 e. The average Bonchev–Trinajstić information content (AvgIpc) is 3.10. The number of carbonyl (C=O) groups is 1. The van der Waals surface area contributed by atoms with E-state index in [1.54, 1.807) is 28.5 Å². The van der Waals surface area contributed by atoms with Crippen molar-refractivity contribution in [2.45, 2.75) is 23.1 Å². The molecule has 1 aliphatic heterocycles. The minimum Gasteiger partial charge on any atom is -0.338 e. The fourth-order valence-electron chi connectivity index (χ4n) is 2.70. The number of sulfonamides is 1. The van der Waals surface area contributed by atoms with E-state index in [4.69, 9.17) is 0 Å². The molecule has 1 saturated heterocycles. The zero-order valence-corrected chi connectivity index (χ0v) is 16.0. The summed E-state index contributed by atoms with van der Waals surface area (Å²) in [6.45, 7) is 1.08. The molecule has 0 saturated carbocycles. The fourth-order valence-corrected chi connectivity index (χ4v) is 5.47. The van der Waals surface area contributed by atoms with Crippen LogP contribution in [0.2, 0.25) is 0 Å². The van der Waals surface area contributed by atoms with Crippen LogP contribution in [-0.2, 0) is 10.0 Å². The number of piperidine rings is 1. The first-order valence-electron chi connectivity index (χ1n) is 7.57. The van der Waals surface area contributed by atoms with Gasteiger partial charge in [0.2, 0.25) is 10.0 Å². The van der Waals surface area contributed by atoms with Gasteiger partial charge in [0, 0.05) is 23.6 Å². The lowest BCUT2D eigenvalue weighted by molar-refractivity contribution is 0.0710. The summed E-state index contributed by atoms with van der Waals surface area (Å²) < 4.78 is 28.4. The van der Waals surface area contributed by atoms with Gasteiger partial charge >= 0.3 is 0 Å². The highest BCUT2D eigenvalue weighted by Gasteiger charge is 2.28. The van der Waals surface area contributed by atoms with Crippen molar-refractivity contribution in [2.24, 2.45) is 0 Å². The lowest BCUT2D eigenvalue weighted by Crippen LogP contribution is -2.46. The van der Waals surface area contributed by atoms with Crippen LogP contribution in [-0.4, -0.2) is 38.4 Å². The van der Waals surface area contributed by atoms with E-state index in [1.165, 1.54) is 11.3 Å². The Morgan fingerprint density at radius 1 is 1.17 bits per heavy atom. The van der Waals surface area contributed by atoms with Crippen molar-refractivity contribution in [3.8, 4) is 0 Å². The molecule has 1 aromatic carbocycles. The molecular weight excluding hydrogens is 412 g/mol. The lowest BCUT2D eigenvalue weighted by atomic mass is 10.0. The third-order valence-corrected chi connectivity index (χ3v) is 7.58. The Labute approximate surface area is 153 Å². The van der Waals surface area contributed by atoms with E-state index in [9.17, 15) is 13.2 Å². The Morgan fingerprint density at radius 2 is 1.88 bits per heavy atom. The van der Waals surface area contributed by atoms with E-state index in [-0.39, 0.29) is 11.9 Å². The number of amides is 1. The first-order chi connectivity index (χ1) is 11.5. The Balaban J connectivity index is 1.60. The highest BCUT2D eigenvalue weighted by molar-refractivity contribution is 9.10. The molecule has 0 atom stereocenters. The maximum atomic E-state index is 12.6. The Bertz CT molecular complexity index is 814. The number of halogens is 1. The predicted octanol–water partition coefficient (Wildman–Crippen LogP) is 3.09. The third-order valence-electron chi connectivity index (χ3n) is 3.97. The van der Waals surface area contributed by atoms with Crippen molar-refractivity contribution in [3.05, 3.63) is 51.8 Å². The Morgan fingerprint density at radius 3 is 2.50 bits per heavy atom. The minimum atomic E-state index is -3.46. The van der Waals surface area contributed by atoms with Gasteiger partial charge < -0.3 is 4.90 Å². The Hall–Kier alpha value is -1.22. The minimum absolute atomic E-state index is 0.0259. The quantitative estimate of drug-likeness (QED) is 0.813. The summed E-state index contributed by atoms with van der Waals surface area (Å²) in [4.78, 5) is 14.3. The highest BCUT2D eigenvalue weighted by atomic mass is 79.9. The number of nitrogens with zero attached hydrogens (tertiary/aromatic N) is 1. The summed E-state index contributed by atoms with van der Waals surface area (Å²) in [7, 11) is -3.46. The summed E-state index contributed by atoms with van der Waals surface area (Å²) >= 11 is 4.60. The highest BCUT2D eigenvalue weighted by Crippen LogP contribution is 2.22. The van der Waals surface area contributed by atoms with Crippen molar-refractivity contribution < 1.29 is 13.2 Å². The second-order valence-corrected chi connectivity index (χ2v) is 9.34. The zero-order valence-electron chi connectivity index (χ0n) is 12.8. The molecule has 5 nitrogen and oxygen atoms in total. The second kappa shape index (κ2) is 7.35. The molecule has 0 aliphatic carbocycles. The largest absolute Gasteiger partial charge is 0.338 e. The van der Waals surface area contributed by atoms with Gasteiger partial charge in [-0.3, -0.25) is 4.79 Å². The van der Waals surface area contributed by atoms with Gasteiger partial charge in [-0.2, -0.15) is 0 Å². The fraction of sp³-hybridized carbons (Fsp3) is 0.312.